The van der Waals surface area contributed by atoms with E-state index in [1.165, 1.54) is 31.7 Å². The minimum absolute atomic E-state index is 0.0128. The minimum atomic E-state index is -1.49. The number of amides is 8. The van der Waals surface area contributed by atoms with Crippen molar-refractivity contribution in [2.24, 2.45) is 23.7 Å². The smallest absolute Gasteiger partial charge is 0.329 e. The van der Waals surface area contributed by atoms with Crippen LogP contribution in [0.3, 0.4) is 0 Å². The summed E-state index contributed by atoms with van der Waals surface area (Å²) in [5.41, 5.74) is -0.203. The van der Waals surface area contributed by atoms with E-state index in [1.54, 1.807) is 48.5 Å². The lowest BCUT2D eigenvalue weighted by Crippen LogP contribution is -2.46. The molecule has 4 heterocycles. The number of carbonyl (C=O) groups is 12. The van der Waals surface area contributed by atoms with E-state index in [2.05, 4.69) is 47.6 Å². The van der Waals surface area contributed by atoms with Crippen LogP contribution in [-0.4, -0.2) is 148 Å². The Labute approximate surface area is 546 Å². The second-order valence-corrected chi connectivity index (χ2v) is 24.4. The molecule has 0 saturated carbocycles. The van der Waals surface area contributed by atoms with Gasteiger partial charge < -0.3 is 40.2 Å². The monoisotopic (exact) mass is 1290 g/mol. The van der Waals surface area contributed by atoms with Crippen molar-refractivity contribution < 1.29 is 76.5 Å². The summed E-state index contributed by atoms with van der Waals surface area (Å²) in [6.45, 7) is 26.8. The normalized spacial score (nSPS) is 16.6. The molecule has 24 heteroatoms. The van der Waals surface area contributed by atoms with Crippen molar-refractivity contribution in [1.82, 2.24) is 21.3 Å². The van der Waals surface area contributed by atoms with Crippen LogP contribution in [0.4, 0.5) is 22.7 Å². The molecule has 0 radical (unpaired) electrons. The summed E-state index contributed by atoms with van der Waals surface area (Å²) in [4.78, 5) is 176. The quantitative estimate of drug-likeness (QED) is 0.0243. The molecule has 94 heavy (non-hydrogen) atoms. The average molecular weight is 1290 g/mol. The molecule has 4 unspecified atom stereocenters. The Hall–Kier alpha value is -10.3. The molecule has 3 aromatic rings. The molecule has 4 atom stereocenters. The lowest BCUT2D eigenvalue weighted by Gasteiger charge is -2.29. The van der Waals surface area contributed by atoms with Gasteiger partial charge in [0.15, 0.2) is 0 Å². The van der Waals surface area contributed by atoms with Crippen LogP contribution in [0.2, 0.25) is 0 Å². The number of nitrogens with one attached hydrogen (secondary N) is 4. The molecule has 4 aliphatic rings. The van der Waals surface area contributed by atoms with Crippen molar-refractivity contribution >= 4 is 116 Å². The van der Waals surface area contributed by atoms with Gasteiger partial charge in [0.05, 0.1) is 71.2 Å². The van der Waals surface area contributed by atoms with Crippen LogP contribution in [0.1, 0.15) is 103 Å². The number of hydrogen-bond donors (Lipinski definition) is 4. The summed E-state index contributed by atoms with van der Waals surface area (Å²) >= 11 is 0. The maximum atomic E-state index is 16.3. The van der Waals surface area contributed by atoms with Gasteiger partial charge in [-0.25, -0.2) is 19.2 Å². The number of fused-ring (bicyclic) bond motifs is 4. The minimum Gasteiger partial charge on any atom is -0.462 e. The topological polar surface area (TPSA) is 303 Å². The highest BCUT2D eigenvalue weighted by molar-refractivity contribution is 6.53. The Morgan fingerprint density at radius 1 is 0.362 bits per heavy atom. The molecular weight excluding hydrogens is 1210 g/mol. The standard InChI is InChI=1S/C70H82N8O16/c1-13-55(79)71-25-29-91-67(87)51(33-39(5)6)75-47-23-19-17-21-43(47)59(63(75)83)61-45-37-50-46(38-49(45)77(65(61)85)53(35-41(9)10)69(89)93-31-27-73-57(81)15-3)62(66(86)78(50)54(36-42(11)12)70(90)94-32-28-74-58(82)16-4)60-44-22-18-20-24-48(44)76(64(60)84)52(34-40(7)8)68(88)92-30-26-72-56(80)14-2/h13-24,37-42,51-54H,1-4,25-36H2,5-12H3,(H,71,79)(H,72,80)(H,73,81)(H,74,82)/b61-59+,62-60+. The first-order valence-electron chi connectivity index (χ1n) is 31.3. The van der Waals surface area contributed by atoms with E-state index in [-0.39, 0.29) is 169 Å². The summed E-state index contributed by atoms with van der Waals surface area (Å²) in [5, 5.41) is 10.2. The van der Waals surface area contributed by atoms with E-state index in [9.17, 15) is 38.4 Å². The molecule has 0 saturated heterocycles. The van der Waals surface area contributed by atoms with Crippen molar-refractivity contribution in [2.45, 2.75) is 105 Å². The molecule has 0 bridgehead atoms. The lowest BCUT2D eigenvalue weighted by molar-refractivity contribution is -0.147. The molecule has 8 amide bonds. The van der Waals surface area contributed by atoms with Gasteiger partial charge in [-0.1, -0.05) is 118 Å². The zero-order valence-corrected chi connectivity index (χ0v) is 54.3. The van der Waals surface area contributed by atoms with E-state index in [4.69, 9.17) is 18.9 Å². The van der Waals surface area contributed by atoms with Crippen molar-refractivity contribution in [3.63, 3.8) is 0 Å². The molecule has 24 nitrogen and oxygen atoms in total. The lowest BCUT2D eigenvalue weighted by atomic mass is 9.92. The van der Waals surface area contributed by atoms with Gasteiger partial charge in [0.1, 0.15) is 50.6 Å². The first kappa shape index (κ1) is 71.2. The molecule has 0 fully saturated rings. The summed E-state index contributed by atoms with van der Waals surface area (Å²) in [7, 11) is 0. The predicted molar refractivity (Wildman–Crippen MR) is 353 cm³/mol. The average Bonchev–Trinajstić information content (AvgIpc) is 1.54. The first-order valence-corrected chi connectivity index (χ1v) is 31.3. The molecule has 4 aliphatic heterocycles. The van der Waals surface area contributed by atoms with E-state index in [0.29, 0.717) is 0 Å². The zero-order chi connectivity index (χ0) is 68.8. The fraction of sp³-hybridized carbons (Fsp3) is 0.400. The largest absolute Gasteiger partial charge is 0.462 e. The molecule has 0 aliphatic carbocycles. The van der Waals surface area contributed by atoms with Gasteiger partial charge in [0.2, 0.25) is 23.6 Å². The summed E-state index contributed by atoms with van der Waals surface area (Å²) in [6.07, 6.45) is 4.22. The van der Waals surface area contributed by atoms with E-state index in [0.717, 1.165) is 24.3 Å². The maximum absolute atomic E-state index is 16.3. The van der Waals surface area contributed by atoms with Crippen LogP contribution in [0.15, 0.2) is 111 Å². The van der Waals surface area contributed by atoms with Crippen LogP contribution in [0.5, 0.6) is 0 Å². The number of anilines is 4. The Morgan fingerprint density at radius 2 is 0.585 bits per heavy atom. The third kappa shape index (κ3) is 15.8. The van der Waals surface area contributed by atoms with Gasteiger partial charge >= 0.3 is 23.9 Å². The van der Waals surface area contributed by atoms with Gasteiger partial charge in [-0.2, -0.15) is 0 Å². The SMILES string of the molecule is C=CC(=O)NCCOC(=O)C(CC(C)C)N1C(=O)/C(=C2/C(=O)N(C(CC(C)C)C(=O)OCCNC(=O)C=C)c3cc4c(cc32)N(C(CC(C)C)C(=O)OCCNC(=O)C=C)C(=O)/C4=C2/C(=O)N(C(CC(C)C)C(=O)OCCNC(=O)C=C)c3ccccc32)c2ccccc21. The molecular formula is C70H82N8O16. The van der Waals surface area contributed by atoms with Crippen LogP contribution in [-0.2, 0) is 76.5 Å². The van der Waals surface area contributed by atoms with Gasteiger partial charge in [0.25, 0.3) is 23.6 Å². The molecule has 3 aromatic carbocycles. The van der Waals surface area contributed by atoms with Crippen molar-refractivity contribution in [2.75, 3.05) is 72.2 Å². The molecule has 7 rings (SSSR count). The van der Waals surface area contributed by atoms with E-state index in [1.807, 2.05) is 55.4 Å². The number of hydrogen-bond acceptors (Lipinski definition) is 16. The van der Waals surface area contributed by atoms with Crippen LogP contribution in [0, 0.1) is 23.7 Å². The van der Waals surface area contributed by atoms with Crippen LogP contribution in [0.25, 0.3) is 22.3 Å². The number of nitrogens with zero attached hydrogens (tertiary/aromatic N) is 4. The third-order valence-electron chi connectivity index (χ3n) is 15.7. The second-order valence-electron chi connectivity index (χ2n) is 24.4. The zero-order valence-electron chi connectivity index (χ0n) is 54.3. The summed E-state index contributed by atoms with van der Waals surface area (Å²) in [6, 6.07) is 10.3. The number of esters is 4. The number of ether oxygens (including phenoxy) is 4. The maximum Gasteiger partial charge on any atom is 0.329 e. The van der Waals surface area contributed by atoms with Gasteiger partial charge in [-0.3, -0.25) is 58.0 Å². The van der Waals surface area contributed by atoms with Crippen molar-refractivity contribution in [3.8, 4) is 0 Å². The number of rotatable bonds is 32. The number of benzene rings is 3. The van der Waals surface area contributed by atoms with Crippen LogP contribution < -0.4 is 40.9 Å². The molecule has 4 N–H and O–H groups in total. The number of para-hydroxylation sites is 2. The fourth-order valence-corrected chi connectivity index (χ4v) is 11.7. The highest BCUT2D eigenvalue weighted by atomic mass is 16.5. The highest BCUT2D eigenvalue weighted by Gasteiger charge is 2.53. The molecule has 498 valence electrons. The van der Waals surface area contributed by atoms with Gasteiger partial charge in [-0.15, -0.1) is 0 Å². The highest BCUT2D eigenvalue weighted by Crippen LogP contribution is 2.55. The Morgan fingerprint density at radius 3 is 0.819 bits per heavy atom. The molecule has 0 spiro atoms. The van der Waals surface area contributed by atoms with Crippen molar-refractivity contribution in [3.05, 3.63) is 134 Å². The Kier molecular flexibility index (Phi) is 24.1. The first-order chi connectivity index (χ1) is 44.8. The summed E-state index contributed by atoms with van der Waals surface area (Å²) < 4.78 is 23.1. The predicted octanol–water partition coefficient (Wildman–Crippen LogP) is 5.94. The van der Waals surface area contributed by atoms with Gasteiger partial charge in [0, 0.05) is 22.3 Å². The second kappa shape index (κ2) is 31.9. The van der Waals surface area contributed by atoms with Crippen molar-refractivity contribution in [1.29, 1.82) is 0 Å². The molecule has 0 aromatic heterocycles. The third-order valence-corrected chi connectivity index (χ3v) is 15.7. The fourth-order valence-electron chi connectivity index (χ4n) is 11.7. The Bertz CT molecular complexity index is 3400. The van der Waals surface area contributed by atoms with E-state index < -0.39 is 95.3 Å². The van der Waals surface area contributed by atoms with Crippen LogP contribution >= 0.6 is 0 Å². The summed E-state index contributed by atoms with van der Waals surface area (Å²) in [5.74, 6) is -10.1. The van der Waals surface area contributed by atoms with Gasteiger partial charge in [-0.05, 0) is 97.9 Å². The Balaban J connectivity index is 1.55. The van der Waals surface area contributed by atoms with E-state index >= 15 is 19.2 Å². The number of carbonyl (C=O) groups excluding carboxylic acids is 12.